The summed E-state index contributed by atoms with van der Waals surface area (Å²) in [6, 6.07) is 14.6. The second-order valence-electron chi connectivity index (χ2n) is 5.92. The van der Waals surface area contributed by atoms with E-state index in [0.29, 0.717) is 10.7 Å². The Morgan fingerprint density at radius 1 is 1.05 bits per heavy atom. The van der Waals surface area contributed by atoms with Gasteiger partial charge in [-0.3, -0.25) is 0 Å². The van der Waals surface area contributed by atoms with Gasteiger partial charge in [0.05, 0.1) is 10.7 Å². The molecular formula is C17H20ClNS. The van der Waals surface area contributed by atoms with Crippen LogP contribution in [0.5, 0.6) is 0 Å². The number of benzene rings is 2. The molecule has 0 saturated heterocycles. The lowest BCUT2D eigenvalue weighted by atomic mass is 9.87. The van der Waals surface area contributed by atoms with Crippen LogP contribution in [-0.4, -0.2) is 0 Å². The molecule has 0 heterocycles. The van der Waals surface area contributed by atoms with Crippen molar-refractivity contribution in [2.75, 3.05) is 5.73 Å². The predicted octanol–water partition coefficient (Wildman–Crippen LogP) is 5.51. The molecule has 0 unspecified atom stereocenters. The quantitative estimate of drug-likeness (QED) is 0.597. The van der Waals surface area contributed by atoms with E-state index in [2.05, 4.69) is 45.0 Å². The molecule has 0 spiro atoms. The maximum absolute atomic E-state index is 6.03. The van der Waals surface area contributed by atoms with Crippen molar-refractivity contribution < 1.29 is 0 Å². The van der Waals surface area contributed by atoms with Crippen LogP contribution < -0.4 is 5.73 Å². The third-order valence-corrected chi connectivity index (χ3v) is 4.59. The summed E-state index contributed by atoms with van der Waals surface area (Å²) >= 11 is 7.80. The maximum atomic E-state index is 6.03. The molecular weight excluding hydrogens is 286 g/mol. The van der Waals surface area contributed by atoms with Crippen LogP contribution in [0, 0.1) is 0 Å². The Bertz CT molecular complexity index is 585. The number of hydrogen-bond acceptors (Lipinski definition) is 2. The number of hydrogen-bond donors (Lipinski definition) is 1. The van der Waals surface area contributed by atoms with E-state index in [4.69, 9.17) is 17.3 Å². The molecule has 0 saturated carbocycles. The topological polar surface area (TPSA) is 26.0 Å². The maximum Gasteiger partial charge on any atom is 0.0646 e. The molecule has 0 fully saturated rings. The van der Waals surface area contributed by atoms with E-state index in [1.165, 1.54) is 11.1 Å². The van der Waals surface area contributed by atoms with Gasteiger partial charge in [0.25, 0.3) is 0 Å². The van der Waals surface area contributed by atoms with Crippen molar-refractivity contribution in [2.45, 2.75) is 36.8 Å². The molecule has 0 amide bonds. The zero-order valence-corrected chi connectivity index (χ0v) is 13.7. The fourth-order valence-corrected chi connectivity index (χ4v) is 3.00. The van der Waals surface area contributed by atoms with Gasteiger partial charge in [-0.1, -0.05) is 56.6 Å². The SMILES string of the molecule is CC(C)(C)c1ccc(CSc2ccc(N)c(Cl)c2)cc1. The zero-order valence-electron chi connectivity index (χ0n) is 12.1. The van der Waals surface area contributed by atoms with E-state index in [-0.39, 0.29) is 5.41 Å². The van der Waals surface area contributed by atoms with Gasteiger partial charge in [-0.25, -0.2) is 0 Å². The minimum Gasteiger partial charge on any atom is -0.398 e. The first kappa shape index (κ1) is 15.3. The van der Waals surface area contributed by atoms with Crippen molar-refractivity contribution in [1.82, 2.24) is 0 Å². The molecule has 3 heteroatoms. The number of rotatable bonds is 3. The summed E-state index contributed by atoms with van der Waals surface area (Å²) in [7, 11) is 0. The summed E-state index contributed by atoms with van der Waals surface area (Å²) in [5, 5.41) is 0.623. The molecule has 0 atom stereocenters. The van der Waals surface area contributed by atoms with Gasteiger partial charge >= 0.3 is 0 Å². The van der Waals surface area contributed by atoms with E-state index in [1.807, 2.05) is 18.2 Å². The largest absolute Gasteiger partial charge is 0.398 e. The van der Waals surface area contributed by atoms with Gasteiger partial charge in [-0.15, -0.1) is 11.8 Å². The van der Waals surface area contributed by atoms with Crippen LogP contribution in [0.3, 0.4) is 0 Å². The summed E-state index contributed by atoms with van der Waals surface area (Å²) < 4.78 is 0. The molecule has 2 N–H and O–H groups in total. The molecule has 1 nitrogen and oxygen atoms in total. The van der Waals surface area contributed by atoms with Crippen LogP contribution in [0.15, 0.2) is 47.4 Å². The number of nitrogens with two attached hydrogens (primary N) is 1. The van der Waals surface area contributed by atoms with Crippen LogP contribution in [0.25, 0.3) is 0 Å². The average molecular weight is 306 g/mol. The molecule has 0 aliphatic rings. The first-order valence-electron chi connectivity index (χ1n) is 6.63. The van der Waals surface area contributed by atoms with Crippen LogP contribution in [-0.2, 0) is 11.2 Å². The number of anilines is 1. The lowest BCUT2D eigenvalue weighted by molar-refractivity contribution is 0.590. The minimum absolute atomic E-state index is 0.205. The lowest BCUT2D eigenvalue weighted by Gasteiger charge is -2.19. The molecule has 2 rings (SSSR count). The second-order valence-corrected chi connectivity index (χ2v) is 7.37. The number of halogens is 1. The third-order valence-electron chi connectivity index (χ3n) is 3.20. The fourth-order valence-electron chi connectivity index (χ4n) is 1.87. The fraction of sp³-hybridized carbons (Fsp3) is 0.294. The highest BCUT2D eigenvalue weighted by Gasteiger charge is 2.12. The molecule has 2 aromatic rings. The van der Waals surface area contributed by atoms with Crippen LogP contribution in [0.2, 0.25) is 5.02 Å². The monoisotopic (exact) mass is 305 g/mol. The van der Waals surface area contributed by atoms with E-state index in [1.54, 1.807) is 11.8 Å². The Balaban J connectivity index is 2.02. The molecule has 20 heavy (non-hydrogen) atoms. The average Bonchev–Trinajstić information content (AvgIpc) is 2.40. The lowest BCUT2D eigenvalue weighted by Crippen LogP contribution is -2.10. The van der Waals surface area contributed by atoms with Gasteiger partial charge in [0.15, 0.2) is 0 Å². The standard InChI is InChI=1S/C17H20ClNS/c1-17(2,3)13-6-4-12(5-7-13)11-20-14-8-9-16(19)15(18)10-14/h4-10H,11,19H2,1-3H3. The smallest absolute Gasteiger partial charge is 0.0646 e. The molecule has 0 bridgehead atoms. The summed E-state index contributed by atoms with van der Waals surface area (Å²) in [6.07, 6.45) is 0. The van der Waals surface area contributed by atoms with E-state index < -0.39 is 0 Å². The van der Waals surface area contributed by atoms with Crippen molar-refractivity contribution in [2.24, 2.45) is 0 Å². The Labute approximate surface area is 130 Å². The highest BCUT2D eigenvalue weighted by molar-refractivity contribution is 7.98. The zero-order chi connectivity index (χ0) is 14.8. The van der Waals surface area contributed by atoms with Crippen molar-refractivity contribution >= 4 is 29.1 Å². The van der Waals surface area contributed by atoms with Crippen LogP contribution in [0.1, 0.15) is 31.9 Å². The van der Waals surface area contributed by atoms with Crippen LogP contribution in [0.4, 0.5) is 5.69 Å². The van der Waals surface area contributed by atoms with Gasteiger partial charge in [0.2, 0.25) is 0 Å². The Hall–Kier alpha value is -1.12. The Morgan fingerprint density at radius 2 is 1.70 bits per heavy atom. The second kappa shape index (κ2) is 6.11. The Kier molecular flexibility index (Phi) is 4.66. The van der Waals surface area contributed by atoms with Gasteiger partial charge in [-0.05, 0) is 34.7 Å². The summed E-state index contributed by atoms with van der Waals surface area (Å²) in [4.78, 5) is 1.14. The van der Waals surface area contributed by atoms with Crippen molar-refractivity contribution in [3.05, 3.63) is 58.6 Å². The van der Waals surface area contributed by atoms with Gasteiger partial charge in [0.1, 0.15) is 0 Å². The van der Waals surface area contributed by atoms with Gasteiger partial charge < -0.3 is 5.73 Å². The third kappa shape index (κ3) is 3.94. The molecule has 0 aliphatic heterocycles. The van der Waals surface area contributed by atoms with Gasteiger partial charge in [-0.2, -0.15) is 0 Å². The molecule has 0 aromatic heterocycles. The van der Waals surface area contributed by atoms with Crippen molar-refractivity contribution in [1.29, 1.82) is 0 Å². The van der Waals surface area contributed by atoms with Crippen LogP contribution >= 0.6 is 23.4 Å². The number of nitrogen functional groups attached to an aromatic ring is 1. The first-order valence-corrected chi connectivity index (χ1v) is 8.00. The highest BCUT2D eigenvalue weighted by Crippen LogP contribution is 2.29. The van der Waals surface area contributed by atoms with E-state index in [0.717, 1.165) is 10.6 Å². The van der Waals surface area contributed by atoms with E-state index in [9.17, 15) is 0 Å². The molecule has 2 aromatic carbocycles. The summed E-state index contributed by atoms with van der Waals surface area (Å²) in [6.45, 7) is 6.69. The molecule has 106 valence electrons. The summed E-state index contributed by atoms with van der Waals surface area (Å²) in [5.74, 6) is 0.935. The number of thioether (sulfide) groups is 1. The molecule has 0 aliphatic carbocycles. The normalized spacial score (nSPS) is 11.6. The van der Waals surface area contributed by atoms with E-state index >= 15 is 0 Å². The minimum atomic E-state index is 0.205. The van der Waals surface area contributed by atoms with Gasteiger partial charge in [0, 0.05) is 10.6 Å². The Morgan fingerprint density at radius 3 is 2.25 bits per heavy atom. The van der Waals surface area contributed by atoms with Crippen molar-refractivity contribution in [3.63, 3.8) is 0 Å². The predicted molar refractivity (Wildman–Crippen MR) is 90.6 cm³/mol. The summed E-state index contributed by atoms with van der Waals surface area (Å²) in [5.41, 5.74) is 9.23. The first-order chi connectivity index (χ1) is 9.36. The molecule has 0 radical (unpaired) electrons. The van der Waals surface area contributed by atoms with Crippen molar-refractivity contribution in [3.8, 4) is 0 Å². The highest BCUT2D eigenvalue weighted by atomic mass is 35.5.